The Morgan fingerprint density at radius 1 is 0.484 bits per heavy atom. The zero-order chi connectivity index (χ0) is 20.2. The van der Waals surface area contributed by atoms with Crippen LogP contribution in [0.25, 0.3) is 32.7 Å². The van der Waals surface area contributed by atoms with Crippen LogP contribution in [0.15, 0.2) is 109 Å². The number of hydrogen-bond donors (Lipinski definition) is 0. The molecular formula is C30H22Fe. The Hall–Kier alpha value is -3.12. The Labute approximate surface area is 194 Å². The fraction of sp³-hybridized carbons (Fsp3) is 0.0667. The second-order valence-electron chi connectivity index (χ2n) is 7.53. The predicted molar refractivity (Wildman–Crippen MR) is 129 cm³/mol. The molecule has 0 saturated heterocycles. The van der Waals surface area contributed by atoms with Crippen molar-refractivity contribution in [2.75, 3.05) is 0 Å². The zero-order valence-corrected chi connectivity index (χ0v) is 18.3. The van der Waals surface area contributed by atoms with Crippen molar-refractivity contribution in [3.05, 3.63) is 133 Å². The van der Waals surface area contributed by atoms with E-state index in [4.69, 9.17) is 0 Å². The van der Waals surface area contributed by atoms with Crippen LogP contribution in [-0.4, -0.2) is 0 Å². The maximum absolute atomic E-state index is 3.22. The van der Waals surface area contributed by atoms with Crippen molar-refractivity contribution in [2.24, 2.45) is 0 Å². The van der Waals surface area contributed by atoms with Gasteiger partial charge in [-0.2, -0.15) is 0 Å². The van der Waals surface area contributed by atoms with Gasteiger partial charge in [0.1, 0.15) is 0 Å². The van der Waals surface area contributed by atoms with Crippen LogP contribution in [0.4, 0.5) is 0 Å². The standard InChI is InChI=1S/2C15H11.Fe/c2*1-2-7-12(6-1)15-11-5-9-13-8-3-4-10-14(13)15;/h2*1,3-6,8-11H,7H2;/q2*-1;+2. The van der Waals surface area contributed by atoms with Crippen molar-refractivity contribution in [3.8, 4) is 0 Å². The van der Waals surface area contributed by atoms with Crippen LogP contribution < -0.4 is 0 Å². The average molecular weight is 438 g/mol. The molecule has 0 aliphatic heterocycles. The van der Waals surface area contributed by atoms with Gasteiger partial charge < -0.3 is 0 Å². The number of fused-ring (bicyclic) bond motifs is 2. The predicted octanol–water partition coefficient (Wildman–Crippen LogP) is 7.97. The Bertz CT molecular complexity index is 1220. The number of hydrogen-bond acceptors (Lipinski definition) is 0. The molecule has 31 heavy (non-hydrogen) atoms. The maximum atomic E-state index is 3.22. The van der Waals surface area contributed by atoms with Gasteiger partial charge in [-0.25, -0.2) is 24.3 Å². The van der Waals surface area contributed by atoms with E-state index >= 15 is 0 Å². The summed E-state index contributed by atoms with van der Waals surface area (Å²) >= 11 is 0. The van der Waals surface area contributed by atoms with E-state index in [0.29, 0.717) is 0 Å². The molecule has 0 bridgehead atoms. The molecule has 1 heteroatoms. The summed E-state index contributed by atoms with van der Waals surface area (Å²) in [6.45, 7) is 0. The summed E-state index contributed by atoms with van der Waals surface area (Å²) in [7, 11) is 0. The van der Waals surface area contributed by atoms with E-state index in [1.165, 1.54) is 43.8 Å². The van der Waals surface area contributed by atoms with Crippen molar-refractivity contribution in [3.63, 3.8) is 0 Å². The van der Waals surface area contributed by atoms with Crippen LogP contribution in [0.1, 0.15) is 24.0 Å². The van der Waals surface area contributed by atoms with Crippen molar-refractivity contribution < 1.29 is 17.1 Å². The summed E-state index contributed by atoms with van der Waals surface area (Å²) in [5, 5.41) is 5.29. The third-order valence-corrected chi connectivity index (χ3v) is 5.66. The molecule has 0 nitrogen and oxygen atoms in total. The summed E-state index contributed by atoms with van der Waals surface area (Å²) in [6.07, 6.45) is 16.6. The molecule has 2 aliphatic rings. The minimum absolute atomic E-state index is 0. The van der Waals surface area contributed by atoms with Crippen molar-refractivity contribution in [1.29, 1.82) is 0 Å². The first kappa shape index (κ1) is 21.1. The van der Waals surface area contributed by atoms with Gasteiger partial charge in [0, 0.05) is 0 Å². The molecule has 0 N–H and O–H groups in total. The molecule has 0 atom stereocenters. The van der Waals surface area contributed by atoms with E-state index in [1.54, 1.807) is 0 Å². The summed E-state index contributed by atoms with van der Waals surface area (Å²) < 4.78 is 0. The van der Waals surface area contributed by atoms with E-state index < -0.39 is 0 Å². The molecule has 0 fully saturated rings. The van der Waals surface area contributed by atoms with Crippen LogP contribution in [0.3, 0.4) is 0 Å². The molecule has 2 aliphatic carbocycles. The number of benzene rings is 4. The van der Waals surface area contributed by atoms with Crippen LogP contribution in [0.5, 0.6) is 0 Å². The first-order valence-corrected chi connectivity index (χ1v) is 10.4. The summed E-state index contributed by atoms with van der Waals surface area (Å²) in [5.41, 5.74) is 5.42. The number of rotatable bonds is 2. The molecule has 0 radical (unpaired) electrons. The van der Waals surface area contributed by atoms with Crippen molar-refractivity contribution >= 4 is 32.7 Å². The molecule has 0 aromatic heterocycles. The smallest absolute Gasteiger partial charge is 0.272 e. The van der Waals surface area contributed by atoms with E-state index in [2.05, 4.69) is 109 Å². The molecule has 150 valence electrons. The van der Waals surface area contributed by atoms with E-state index in [-0.39, 0.29) is 17.1 Å². The van der Waals surface area contributed by atoms with E-state index in [0.717, 1.165) is 12.8 Å². The first-order chi connectivity index (χ1) is 14.9. The molecule has 6 rings (SSSR count). The third kappa shape index (κ3) is 4.49. The van der Waals surface area contributed by atoms with Crippen LogP contribution in [0.2, 0.25) is 0 Å². The fourth-order valence-electron chi connectivity index (χ4n) is 4.16. The Balaban J connectivity index is 0.000000144. The molecule has 0 amide bonds. The van der Waals surface area contributed by atoms with Gasteiger partial charge in [-0.1, -0.05) is 84.9 Å². The number of allylic oxidation sites excluding steroid dienone is 8. The molecule has 4 aromatic carbocycles. The Morgan fingerprint density at radius 3 is 1.32 bits per heavy atom. The quantitative estimate of drug-likeness (QED) is 0.220. The topological polar surface area (TPSA) is 0 Å². The molecular weight excluding hydrogens is 416 g/mol. The van der Waals surface area contributed by atoms with Crippen LogP contribution in [-0.2, 0) is 17.1 Å². The second kappa shape index (κ2) is 9.79. The monoisotopic (exact) mass is 438 g/mol. The zero-order valence-electron chi connectivity index (χ0n) is 17.2. The minimum atomic E-state index is 0. The van der Waals surface area contributed by atoms with Gasteiger partial charge in [-0.15, -0.1) is 24.0 Å². The molecule has 0 saturated carbocycles. The van der Waals surface area contributed by atoms with Crippen LogP contribution in [0, 0.1) is 12.2 Å². The third-order valence-electron chi connectivity index (χ3n) is 5.66. The molecule has 0 spiro atoms. The largest absolute Gasteiger partial charge is 2.00 e. The molecule has 4 aromatic rings. The summed E-state index contributed by atoms with van der Waals surface area (Å²) in [5.74, 6) is 0. The van der Waals surface area contributed by atoms with Gasteiger partial charge in [0.15, 0.2) is 0 Å². The van der Waals surface area contributed by atoms with Gasteiger partial charge in [-0.05, 0) is 32.7 Å². The van der Waals surface area contributed by atoms with Gasteiger partial charge >= 0.3 is 17.1 Å². The minimum Gasteiger partial charge on any atom is -0.272 e. The second-order valence-corrected chi connectivity index (χ2v) is 7.53. The summed E-state index contributed by atoms with van der Waals surface area (Å²) in [6, 6.07) is 30.0. The Kier molecular flexibility index (Phi) is 6.67. The van der Waals surface area contributed by atoms with Crippen LogP contribution >= 0.6 is 0 Å². The van der Waals surface area contributed by atoms with Gasteiger partial charge in [-0.3, -0.25) is 12.2 Å². The maximum Gasteiger partial charge on any atom is 2.00 e. The Morgan fingerprint density at radius 2 is 0.903 bits per heavy atom. The molecule has 0 unspecified atom stereocenters. The normalized spacial score (nSPS) is 14.1. The average Bonchev–Trinajstić information content (AvgIpc) is 3.53. The van der Waals surface area contributed by atoms with Crippen molar-refractivity contribution in [1.82, 2.24) is 0 Å². The molecule has 0 heterocycles. The van der Waals surface area contributed by atoms with E-state index in [9.17, 15) is 0 Å². The van der Waals surface area contributed by atoms with Gasteiger partial charge in [0.25, 0.3) is 0 Å². The first-order valence-electron chi connectivity index (χ1n) is 10.4. The fourth-order valence-corrected chi connectivity index (χ4v) is 4.16. The van der Waals surface area contributed by atoms with Gasteiger partial charge in [0.05, 0.1) is 0 Å². The van der Waals surface area contributed by atoms with Gasteiger partial charge in [0.2, 0.25) is 0 Å². The van der Waals surface area contributed by atoms with Crippen molar-refractivity contribution in [2.45, 2.75) is 12.8 Å². The van der Waals surface area contributed by atoms with E-state index in [1.807, 2.05) is 12.2 Å². The summed E-state index contributed by atoms with van der Waals surface area (Å²) in [4.78, 5) is 0. The SMILES string of the molecule is [C-]1=CC=C(c2cccc3ccccc23)C1.[C-]1=CC=C(c2cccc3ccccc23)C1.[Fe+2].